The number of halogens is 1. The van der Waals surface area contributed by atoms with Gasteiger partial charge in [-0.2, -0.15) is 8.42 Å². The van der Waals surface area contributed by atoms with E-state index in [1.54, 1.807) is 12.1 Å². The molecule has 2 aromatic heterocycles. The molecule has 3 aromatic rings. The van der Waals surface area contributed by atoms with Gasteiger partial charge < -0.3 is 15.4 Å². The fourth-order valence-corrected chi connectivity index (χ4v) is 5.29. The second-order valence-electron chi connectivity index (χ2n) is 10.5. The molecule has 2 atom stereocenters. The maximum atomic E-state index is 14.5. The summed E-state index contributed by atoms with van der Waals surface area (Å²) in [6.07, 6.45) is 0.882. The molecule has 1 aliphatic heterocycles. The normalized spacial score (nSPS) is 17.7. The number of nitrogens with one attached hydrogen (secondary N) is 1. The number of sulfonamides is 1. The molecular weight excluding hydrogens is 521 g/mol. The van der Waals surface area contributed by atoms with Gasteiger partial charge in [0, 0.05) is 24.7 Å². The quantitative estimate of drug-likeness (QED) is 0.416. The first-order valence-corrected chi connectivity index (χ1v) is 14.4. The number of aromatic nitrogens is 2. The van der Waals surface area contributed by atoms with Crippen molar-refractivity contribution in [3.05, 3.63) is 59.9 Å². The number of rotatable bonds is 8. The van der Waals surface area contributed by atoms with Crippen LogP contribution >= 0.6 is 0 Å². The molecule has 9 nitrogen and oxygen atoms in total. The smallest absolute Gasteiger partial charge is 0.281 e. The molecule has 4 rings (SSSR count). The van der Waals surface area contributed by atoms with Crippen LogP contribution in [0, 0.1) is 23.6 Å². The molecule has 3 N–H and O–H groups in total. The second kappa shape index (κ2) is 11.6. The number of amides is 1. The summed E-state index contributed by atoms with van der Waals surface area (Å²) in [6, 6.07) is 11.6. The Hall–Kier alpha value is -3.73. The average molecular weight is 556 g/mol. The van der Waals surface area contributed by atoms with E-state index in [1.807, 2.05) is 18.7 Å². The molecule has 0 saturated carbocycles. The fraction of sp³-hybridized carbons (Fsp3) is 0.393. The number of hydrogen-bond donors (Lipinski definition) is 2. The molecular formula is C28H34FN5O4S. The molecule has 0 aliphatic carbocycles. The van der Waals surface area contributed by atoms with Gasteiger partial charge in [-0.3, -0.25) is 4.79 Å². The van der Waals surface area contributed by atoms with Crippen LogP contribution in [-0.2, 0) is 10.0 Å². The monoisotopic (exact) mass is 555 g/mol. The molecule has 1 fully saturated rings. The van der Waals surface area contributed by atoms with Gasteiger partial charge in [0.25, 0.3) is 15.9 Å². The van der Waals surface area contributed by atoms with Gasteiger partial charge in [-0.25, -0.2) is 19.1 Å². The molecule has 0 bridgehead atoms. The van der Waals surface area contributed by atoms with E-state index in [-0.39, 0.29) is 22.3 Å². The maximum absolute atomic E-state index is 14.5. The minimum Gasteiger partial charge on any atom is -0.493 e. The Bertz CT molecular complexity index is 1460. The summed E-state index contributed by atoms with van der Waals surface area (Å²) in [5.74, 6) is 0.476. The highest BCUT2D eigenvalue weighted by atomic mass is 32.2. The van der Waals surface area contributed by atoms with Crippen LogP contribution in [0.3, 0.4) is 0 Å². The van der Waals surface area contributed by atoms with Crippen molar-refractivity contribution in [2.24, 2.45) is 17.8 Å². The summed E-state index contributed by atoms with van der Waals surface area (Å²) < 4.78 is 48.1. The zero-order chi connectivity index (χ0) is 28.3. The van der Waals surface area contributed by atoms with Gasteiger partial charge in [0.05, 0.1) is 17.9 Å². The largest absolute Gasteiger partial charge is 0.493 e. The minimum absolute atomic E-state index is 0.0142. The van der Waals surface area contributed by atoms with Gasteiger partial charge in [0.1, 0.15) is 23.2 Å². The predicted octanol–water partition coefficient (Wildman–Crippen LogP) is 4.50. The minimum atomic E-state index is -4.29. The number of hydrogen-bond acceptors (Lipinski definition) is 8. The van der Waals surface area contributed by atoms with Gasteiger partial charge in [0.2, 0.25) is 0 Å². The molecule has 0 unspecified atom stereocenters. The van der Waals surface area contributed by atoms with Crippen LogP contribution in [0.2, 0.25) is 0 Å². The number of pyridine rings is 2. The molecule has 1 aliphatic rings. The number of carbonyl (C=O) groups excluding carboxylic acids is 1. The Labute approximate surface area is 228 Å². The summed E-state index contributed by atoms with van der Waals surface area (Å²) in [7, 11) is -4.29. The number of nitrogens with two attached hydrogens (primary N) is 1. The molecule has 208 valence electrons. The average Bonchev–Trinajstić information content (AvgIpc) is 2.88. The molecule has 3 heterocycles. The van der Waals surface area contributed by atoms with E-state index >= 15 is 0 Å². The Morgan fingerprint density at radius 2 is 1.92 bits per heavy atom. The van der Waals surface area contributed by atoms with Crippen LogP contribution in [0.25, 0.3) is 11.3 Å². The van der Waals surface area contributed by atoms with Gasteiger partial charge in [-0.1, -0.05) is 33.8 Å². The summed E-state index contributed by atoms with van der Waals surface area (Å²) in [5.41, 5.74) is 6.63. The Kier molecular flexibility index (Phi) is 8.39. The van der Waals surface area contributed by atoms with E-state index in [2.05, 4.69) is 23.6 Å². The number of nitrogen functional groups attached to an aromatic ring is 1. The van der Waals surface area contributed by atoms with Gasteiger partial charge in [-0.15, -0.1) is 0 Å². The highest BCUT2D eigenvalue weighted by Gasteiger charge is 2.29. The molecule has 1 amide bonds. The lowest BCUT2D eigenvalue weighted by molar-refractivity contribution is 0.0981. The third-order valence-corrected chi connectivity index (χ3v) is 7.98. The van der Waals surface area contributed by atoms with Crippen molar-refractivity contribution >= 4 is 27.6 Å². The molecule has 39 heavy (non-hydrogen) atoms. The van der Waals surface area contributed by atoms with Gasteiger partial charge in [0.15, 0.2) is 5.03 Å². The zero-order valence-electron chi connectivity index (χ0n) is 22.5. The lowest BCUT2D eigenvalue weighted by atomic mass is 9.88. The van der Waals surface area contributed by atoms with E-state index < -0.39 is 21.7 Å². The number of benzene rings is 1. The van der Waals surface area contributed by atoms with Crippen LogP contribution in [0.4, 0.5) is 16.0 Å². The van der Waals surface area contributed by atoms with Crippen molar-refractivity contribution in [1.82, 2.24) is 14.7 Å². The van der Waals surface area contributed by atoms with E-state index in [9.17, 15) is 17.6 Å². The van der Waals surface area contributed by atoms with Crippen LogP contribution < -0.4 is 20.1 Å². The standard InChI is InChI=1S/C28H34FN5O4S/c1-17(2)16-38-22-13-20(12-21(29)14-22)24-9-8-23(27(31-24)34-11-10-18(3)19(4)15-34)28(35)33-39(36,37)26-7-5-6-25(30)32-26/h5-9,12-14,17-19H,10-11,15-16H2,1-4H3,(H2,30,32)(H,33,35)/t18-,19+/m0/s1. The Morgan fingerprint density at radius 3 is 2.62 bits per heavy atom. The highest BCUT2D eigenvalue weighted by molar-refractivity contribution is 7.90. The van der Waals surface area contributed by atoms with E-state index in [4.69, 9.17) is 15.5 Å². The van der Waals surface area contributed by atoms with E-state index in [0.717, 1.165) is 6.42 Å². The van der Waals surface area contributed by atoms with Crippen LogP contribution in [0.15, 0.2) is 53.6 Å². The topological polar surface area (TPSA) is 128 Å². The third kappa shape index (κ3) is 6.83. The lowest BCUT2D eigenvalue weighted by Gasteiger charge is -2.37. The second-order valence-corrected chi connectivity index (χ2v) is 12.1. The SMILES string of the molecule is CC(C)COc1cc(F)cc(-c2ccc(C(=O)NS(=O)(=O)c3cccc(N)n3)c(N3CC[C@H](C)[C@H](C)C3)n2)c1. The van der Waals surface area contributed by atoms with E-state index in [1.165, 1.54) is 36.4 Å². The third-order valence-electron chi connectivity index (χ3n) is 6.75. The Balaban J connectivity index is 1.72. The molecule has 11 heteroatoms. The number of anilines is 2. The van der Waals surface area contributed by atoms with E-state index in [0.29, 0.717) is 54.4 Å². The predicted molar refractivity (Wildman–Crippen MR) is 148 cm³/mol. The molecule has 0 spiro atoms. The van der Waals surface area contributed by atoms with Crippen molar-refractivity contribution in [2.45, 2.75) is 39.1 Å². The molecule has 1 aromatic carbocycles. The summed E-state index contributed by atoms with van der Waals surface area (Å²) >= 11 is 0. The number of ether oxygens (including phenoxy) is 1. The van der Waals surface area contributed by atoms with Crippen LogP contribution in [0.5, 0.6) is 5.75 Å². The summed E-state index contributed by atoms with van der Waals surface area (Å²) in [4.78, 5) is 23.9. The van der Waals surface area contributed by atoms with Crippen molar-refractivity contribution in [1.29, 1.82) is 0 Å². The van der Waals surface area contributed by atoms with Crippen molar-refractivity contribution < 1.29 is 22.3 Å². The van der Waals surface area contributed by atoms with Crippen LogP contribution in [0.1, 0.15) is 44.5 Å². The Morgan fingerprint density at radius 1 is 1.15 bits per heavy atom. The lowest BCUT2D eigenvalue weighted by Crippen LogP contribution is -2.40. The summed E-state index contributed by atoms with van der Waals surface area (Å²) in [5, 5.41) is -0.365. The zero-order valence-corrected chi connectivity index (χ0v) is 23.3. The first kappa shape index (κ1) is 28.3. The first-order chi connectivity index (χ1) is 18.4. The van der Waals surface area contributed by atoms with Crippen molar-refractivity contribution in [3.8, 4) is 17.0 Å². The molecule has 0 radical (unpaired) electrons. The maximum Gasteiger partial charge on any atom is 0.281 e. The molecule has 1 saturated heterocycles. The fourth-order valence-electron chi connectivity index (χ4n) is 4.35. The number of nitrogens with zero attached hydrogens (tertiary/aromatic N) is 3. The first-order valence-electron chi connectivity index (χ1n) is 12.9. The highest BCUT2D eigenvalue weighted by Crippen LogP contribution is 2.32. The van der Waals surface area contributed by atoms with Crippen molar-refractivity contribution in [3.63, 3.8) is 0 Å². The number of carbonyl (C=O) groups is 1. The van der Waals surface area contributed by atoms with Gasteiger partial charge >= 0.3 is 0 Å². The van der Waals surface area contributed by atoms with Crippen molar-refractivity contribution in [2.75, 3.05) is 30.3 Å². The van der Waals surface area contributed by atoms with Gasteiger partial charge in [-0.05, 0) is 60.6 Å². The number of piperidine rings is 1. The van der Waals surface area contributed by atoms with Crippen LogP contribution in [-0.4, -0.2) is 44.0 Å². The summed E-state index contributed by atoms with van der Waals surface area (Å²) in [6.45, 7) is 10.0.